The monoisotopic (exact) mass is 186 g/mol. The zero-order chi connectivity index (χ0) is 9.97. The minimum absolute atomic E-state index is 0.572. The third kappa shape index (κ3) is 1.44. The Morgan fingerprint density at radius 3 is 2.43 bits per heavy atom. The molecule has 0 atom stereocenters. The first-order chi connectivity index (χ1) is 6.83. The Labute approximate surface area is 84.0 Å². The number of hydrogen-bond acceptors (Lipinski definition) is 1. The van der Waals surface area contributed by atoms with Crippen molar-refractivity contribution >= 4 is 0 Å². The van der Waals surface area contributed by atoms with Gasteiger partial charge in [0, 0.05) is 23.6 Å². The molecule has 2 heteroatoms. The standard InChI is InChI=1S/C12H14N2/c1-10-7-8-12(9-13)14(10)11-5-3-2-4-6-11/h2-8H,9,13H2,1H3. The van der Waals surface area contributed by atoms with Crippen LogP contribution in [0, 0.1) is 6.92 Å². The van der Waals surface area contributed by atoms with Gasteiger partial charge in [-0.1, -0.05) is 18.2 Å². The molecule has 2 N–H and O–H groups in total. The fourth-order valence-corrected chi connectivity index (χ4v) is 1.70. The lowest BCUT2D eigenvalue weighted by Gasteiger charge is -2.09. The Balaban J connectivity index is 2.55. The van der Waals surface area contributed by atoms with E-state index in [1.807, 2.05) is 18.2 Å². The number of nitrogens with two attached hydrogens (primary N) is 1. The van der Waals surface area contributed by atoms with E-state index in [2.05, 4.69) is 35.8 Å². The summed E-state index contributed by atoms with van der Waals surface area (Å²) in [6.07, 6.45) is 0. The summed E-state index contributed by atoms with van der Waals surface area (Å²) in [5.41, 5.74) is 9.22. The highest BCUT2D eigenvalue weighted by atomic mass is 15.0. The molecule has 0 aliphatic heterocycles. The van der Waals surface area contributed by atoms with Gasteiger partial charge in [0.25, 0.3) is 0 Å². The summed E-state index contributed by atoms with van der Waals surface area (Å²) in [5, 5.41) is 0. The molecular formula is C12H14N2. The highest BCUT2D eigenvalue weighted by Crippen LogP contribution is 2.15. The minimum atomic E-state index is 0.572. The largest absolute Gasteiger partial charge is 0.325 e. The van der Waals surface area contributed by atoms with Crippen molar-refractivity contribution < 1.29 is 0 Å². The lowest BCUT2D eigenvalue weighted by molar-refractivity contribution is 0.886. The summed E-state index contributed by atoms with van der Waals surface area (Å²) < 4.78 is 2.18. The first kappa shape index (κ1) is 9.03. The van der Waals surface area contributed by atoms with Crippen LogP contribution in [0.4, 0.5) is 0 Å². The van der Waals surface area contributed by atoms with Crippen LogP contribution in [0.1, 0.15) is 11.4 Å². The van der Waals surface area contributed by atoms with E-state index in [0.717, 1.165) is 5.69 Å². The van der Waals surface area contributed by atoms with Crippen LogP contribution in [0.15, 0.2) is 42.5 Å². The van der Waals surface area contributed by atoms with Crippen LogP contribution < -0.4 is 5.73 Å². The minimum Gasteiger partial charge on any atom is -0.325 e. The van der Waals surface area contributed by atoms with Gasteiger partial charge in [-0.15, -0.1) is 0 Å². The van der Waals surface area contributed by atoms with Gasteiger partial charge in [-0.2, -0.15) is 0 Å². The van der Waals surface area contributed by atoms with Crippen LogP contribution in [0.2, 0.25) is 0 Å². The van der Waals surface area contributed by atoms with E-state index in [4.69, 9.17) is 5.73 Å². The van der Waals surface area contributed by atoms with Crippen molar-refractivity contribution in [1.82, 2.24) is 4.57 Å². The molecule has 0 aliphatic rings. The van der Waals surface area contributed by atoms with Crippen molar-refractivity contribution in [3.05, 3.63) is 53.9 Å². The Hall–Kier alpha value is -1.54. The van der Waals surface area contributed by atoms with Gasteiger partial charge in [-0.05, 0) is 31.2 Å². The van der Waals surface area contributed by atoms with E-state index < -0.39 is 0 Å². The van der Waals surface area contributed by atoms with Gasteiger partial charge in [-0.3, -0.25) is 0 Å². The number of aromatic nitrogens is 1. The number of aryl methyl sites for hydroxylation is 1. The lowest BCUT2D eigenvalue weighted by Crippen LogP contribution is -2.06. The van der Waals surface area contributed by atoms with Crippen molar-refractivity contribution in [3.8, 4) is 5.69 Å². The van der Waals surface area contributed by atoms with Gasteiger partial charge in [0.2, 0.25) is 0 Å². The van der Waals surface area contributed by atoms with Crippen LogP contribution in [0.5, 0.6) is 0 Å². The van der Waals surface area contributed by atoms with E-state index in [0.29, 0.717) is 6.54 Å². The Morgan fingerprint density at radius 1 is 1.07 bits per heavy atom. The molecule has 0 fully saturated rings. The number of benzene rings is 1. The average molecular weight is 186 g/mol. The van der Waals surface area contributed by atoms with Gasteiger partial charge in [0.05, 0.1) is 0 Å². The molecule has 0 bridgehead atoms. The topological polar surface area (TPSA) is 30.9 Å². The normalized spacial score (nSPS) is 10.4. The number of hydrogen-bond donors (Lipinski definition) is 1. The summed E-state index contributed by atoms with van der Waals surface area (Å²) in [5.74, 6) is 0. The molecule has 1 aromatic heterocycles. The molecule has 0 spiro atoms. The molecule has 14 heavy (non-hydrogen) atoms. The zero-order valence-electron chi connectivity index (χ0n) is 8.27. The fourth-order valence-electron chi connectivity index (χ4n) is 1.70. The third-order valence-electron chi connectivity index (χ3n) is 2.38. The van der Waals surface area contributed by atoms with Gasteiger partial charge in [0.15, 0.2) is 0 Å². The van der Waals surface area contributed by atoms with Crippen molar-refractivity contribution in [2.75, 3.05) is 0 Å². The molecule has 2 rings (SSSR count). The van der Waals surface area contributed by atoms with E-state index in [-0.39, 0.29) is 0 Å². The van der Waals surface area contributed by atoms with Crippen LogP contribution >= 0.6 is 0 Å². The molecule has 0 saturated carbocycles. The molecule has 0 unspecified atom stereocenters. The van der Waals surface area contributed by atoms with Gasteiger partial charge in [0.1, 0.15) is 0 Å². The Morgan fingerprint density at radius 2 is 1.79 bits per heavy atom. The SMILES string of the molecule is Cc1ccc(CN)n1-c1ccccc1. The van der Waals surface area contributed by atoms with Gasteiger partial charge < -0.3 is 10.3 Å². The zero-order valence-corrected chi connectivity index (χ0v) is 8.27. The maximum Gasteiger partial charge on any atom is 0.0455 e. The van der Waals surface area contributed by atoms with Gasteiger partial charge >= 0.3 is 0 Å². The summed E-state index contributed by atoms with van der Waals surface area (Å²) in [6, 6.07) is 14.4. The highest BCUT2D eigenvalue weighted by molar-refractivity contribution is 5.37. The third-order valence-corrected chi connectivity index (χ3v) is 2.38. The predicted molar refractivity (Wildman–Crippen MR) is 58.4 cm³/mol. The van der Waals surface area contributed by atoms with E-state index in [1.54, 1.807) is 0 Å². The van der Waals surface area contributed by atoms with Crippen LogP contribution in [-0.2, 0) is 6.54 Å². The Kier molecular flexibility index (Phi) is 2.37. The van der Waals surface area contributed by atoms with Crippen molar-refractivity contribution in [2.45, 2.75) is 13.5 Å². The highest BCUT2D eigenvalue weighted by Gasteiger charge is 2.04. The van der Waals surface area contributed by atoms with Crippen LogP contribution in [0.25, 0.3) is 5.69 Å². The van der Waals surface area contributed by atoms with Crippen molar-refractivity contribution in [1.29, 1.82) is 0 Å². The lowest BCUT2D eigenvalue weighted by atomic mass is 10.3. The molecule has 72 valence electrons. The van der Waals surface area contributed by atoms with Crippen molar-refractivity contribution in [3.63, 3.8) is 0 Å². The maximum atomic E-state index is 5.68. The number of rotatable bonds is 2. The summed E-state index contributed by atoms with van der Waals surface area (Å²) in [7, 11) is 0. The first-order valence-electron chi connectivity index (χ1n) is 4.75. The number of nitrogens with zero attached hydrogens (tertiary/aromatic N) is 1. The predicted octanol–water partition coefficient (Wildman–Crippen LogP) is 2.24. The maximum absolute atomic E-state index is 5.68. The van der Waals surface area contributed by atoms with Gasteiger partial charge in [-0.25, -0.2) is 0 Å². The molecule has 0 aliphatic carbocycles. The number of para-hydroxylation sites is 1. The second kappa shape index (κ2) is 3.68. The second-order valence-corrected chi connectivity index (χ2v) is 3.34. The second-order valence-electron chi connectivity index (χ2n) is 3.34. The quantitative estimate of drug-likeness (QED) is 0.766. The molecule has 2 nitrogen and oxygen atoms in total. The fraction of sp³-hybridized carbons (Fsp3) is 0.167. The van der Waals surface area contributed by atoms with Crippen LogP contribution in [-0.4, -0.2) is 4.57 Å². The van der Waals surface area contributed by atoms with Crippen molar-refractivity contribution in [2.24, 2.45) is 5.73 Å². The summed E-state index contributed by atoms with van der Waals surface area (Å²) >= 11 is 0. The van der Waals surface area contributed by atoms with E-state index >= 15 is 0 Å². The van der Waals surface area contributed by atoms with E-state index in [1.165, 1.54) is 11.4 Å². The molecule has 0 radical (unpaired) electrons. The summed E-state index contributed by atoms with van der Waals surface area (Å²) in [4.78, 5) is 0. The van der Waals surface area contributed by atoms with E-state index in [9.17, 15) is 0 Å². The first-order valence-corrected chi connectivity index (χ1v) is 4.75. The van der Waals surface area contributed by atoms with Crippen LogP contribution in [0.3, 0.4) is 0 Å². The molecule has 1 heterocycles. The average Bonchev–Trinajstić information content (AvgIpc) is 2.61. The molecule has 1 aromatic carbocycles. The molecule has 2 aromatic rings. The molecular weight excluding hydrogens is 172 g/mol. The Bertz CT molecular complexity index is 415. The smallest absolute Gasteiger partial charge is 0.0455 e. The molecule has 0 saturated heterocycles. The summed E-state index contributed by atoms with van der Waals surface area (Å²) in [6.45, 7) is 2.66. The molecule has 0 amide bonds.